The van der Waals surface area contributed by atoms with E-state index in [1.165, 1.54) is 18.2 Å². The van der Waals surface area contributed by atoms with Crippen molar-refractivity contribution in [1.82, 2.24) is 10.6 Å². The van der Waals surface area contributed by atoms with Crippen LogP contribution in [0.15, 0.2) is 18.2 Å². The van der Waals surface area contributed by atoms with E-state index < -0.39 is 11.6 Å². The number of nitrogens with one attached hydrogen (secondary N) is 2. The highest BCUT2D eigenvalue weighted by atomic mass is 35.5. The molecule has 0 radical (unpaired) electrons. The quantitative estimate of drug-likeness (QED) is 0.894. The lowest BCUT2D eigenvalue weighted by Crippen LogP contribution is -2.48. The summed E-state index contributed by atoms with van der Waals surface area (Å²) in [6, 6.07) is 4.01. The van der Waals surface area contributed by atoms with Crippen LogP contribution in [0.25, 0.3) is 0 Å². The van der Waals surface area contributed by atoms with Gasteiger partial charge in [-0.05, 0) is 44.0 Å². The van der Waals surface area contributed by atoms with Gasteiger partial charge in [0, 0.05) is 23.4 Å². The molecular weight excluding hydrogens is 310 g/mol. The monoisotopic (exact) mass is 330 g/mol. The van der Waals surface area contributed by atoms with Crippen LogP contribution in [0.2, 0.25) is 0 Å². The molecule has 1 aromatic carbocycles. The molecule has 1 aliphatic heterocycles. The van der Waals surface area contributed by atoms with E-state index in [1.54, 1.807) is 0 Å². The van der Waals surface area contributed by atoms with Crippen molar-refractivity contribution in [2.45, 2.75) is 31.7 Å². The minimum absolute atomic E-state index is 0. The molecule has 6 heteroatoms. The van der Waals surface area contributed by atoms with Gasteiger partial charge in [-0.25, -0.2) is 8.78 Å². The smallest absolute Gasteiger partial charge is 0.223 e. The maximum absolute atomic E-state index is 13.7. The zero-order valence-electron chi connectivity index (χ0n) is 12.4. The van der Waals surface area contributed by atoms with Gasteiger partial charge in [0.05, 0.1) is 0 Å². The number of piperidine rings is 1. The van der Waals surface area contributed by atoms with Gasteiger partial charge in [0.1, 0.15) is 11.6 Å². The van der Waals surface area contributed by atoms with Crippen LogP contribution in [-0.4, -0.2) is 25.0 Å². The molecule has 0 aromatic heterocycles. The normalized spacial score (nSPS) is 30.3. The van der Waals surface area contributed by atoms with Gasteiger partial charge in [-0.1, -0.05) is 13.0 Å². The van der Waals surface area contributed by atoms with Crippen LogP contribution in [0.3, 0.4) is 0 Å². The Kier molecular flexibility index (Phi) is 5.40. The predicted molar refractivity (Wildman–Crippen MR) is 83.0 cm³/mol. The van der Waals surface area contributed by atoms with E-state index >= 15 is 0 Å². The van der Waals surface area contributed by atoms with Gasteiger partial charge in [0.2, 0.25) is 5.91 Å². The van der Waals surface area contributed by atoms with Gasteiger partial charge in [0.15, 0.2) is 0 Å². The van der Waals surface area contributed by atoms with Crippen molar-refractivity contribution >= 4 is 18.3 Å². The molecule has 3 rings (SSSR count). The fourth-order valence-electron chi connectivity index (χ4n) is 3.19. The zero-order valence-corrected chi connectivity index (χ0v) is 13.3. The molecule has 1 amide bonds. The van der Waals surface area contributed by atoms with Crippen molar-refractivity contribution in [3.05, 3.63) is 35.4 Å². The van der Waals surface area contributed by atoms with Crippen molar-refractivity contribution in [3.63, 3.8) is 0 Å². The summed E-state index contributed by atoms with van der Waals surface area (Å²) in [6.07, 6.45) is 1.43. The first kappa shape index (κ1) is 17.2. The summed E-state index contributed by atoms with van der Waals surface area (Å²) in [5.74, 6) is -1.40. The lowest BCUT2D eigenvalue weighted by Gasteiger charge is -2.30. The molecule has 1 aliphatic carbocycles. The van der Waals surface area contributed by atoms with Crippen LogP contribution >= 0.6 is 12.4 Å². The topological polar surface area (TPSA) is 41.1 Å². The second-order valence-corrected chi connectivity index (χ2v) is 6.17. The molecule has 3 nitrogen and oxygen atoms in total. The first-order chi connectivity index (χ1) is 10.1. The minimum atomic E-state index is -0.550. The summed E-state index contributed by atoms with van der Waals surface area (Å²) in [4.78, 5) is 12.2. The number of halogens is 3. The van der Waals surface area contributed by atoms with Crippen molar-refractivity contribution in [3.8, 4) is 0 Å². The highest BCUT2D eigenvalue weighted by Crippen LogP contribution is 2.49. The Morgan fingerprint density at radius 2 is 2.00 bits per heavy atom. The first-order valence-electron chi connectivity index (χ1n) is 7.53. The maximum atomic E-state index is 13.7. The van der Waals surface area contributed by atoms with Crippen molar-refractivity contribution in [2.75, 3.05) is 13.1 Å². The van der Waals surface area contributed by atoms with Gasteiger partial charge in [0.25, 0.3) is 0 Å². The largest absolute Gasteiger partial charge is 0.353 e. The van der Waals surface area contributed by atoms with E-state index in [9.17, 15) is 13.6 Å². The Bertz CT molecular complexity index is 535. The van der Waals surface area contributed by atoms with E-state index in [0.29, 0.717) is 12.3 Å². The lowest BCUT2D eigenvalue weighted by atomic mass is 9.95. The van der Waals surface area contributed by atoms with Gasteiger partial charge >= 0.3 is 0 Å². The Morgan fingerprint density at radius 3 is 2.64 bits per heavy atom. The molecular formula is C16H21ClF2N2O. The second-order valence-electron chi connectivity index (χ2n) is 6.17. The van der Waals surface area contributed by atoms with Crippen LogP contribution in [-0.2, 0) is 4.79 Å². The maximum Gasteiger partial charge on any atom is 0.223 e. The molecule has 1 heterocycles. The summed E-state index contributed by atoms with van der Waals surface area (Å²) in [5.41, 5.74) is 0.0657. The average molecular weight is 331 g/mol. The molecule has 0 bridgehead atoms. The standard InChI is InChI=1S/C16H20F2N2O.ClH/c1-9-8-19-6-5-14(9)20-16(21)11-7-10(11)15-12(17)3-2-4-13(15)18;/h2-4,9-11,14,19H,5-8H2,1H3,(H,20,21);1H. The number of carbonyl (C=O) groups excluding carboxylic acids is 1. The highest BCUT2D eigenvalue weighted by molar-refractivity contribution is 5.85. The average Bonchev–Trinajstić information content (AvgIpc) is 3.21. The van der Waals surface area contributed by atoms with E-state index in [0.717, 1.165) is 19.5 Å². The van der Waals surface area contributed by atoms with Crippen LogP contribution in [0.4, 0.5) is 8.78 Å². The van der Waals surface area contributed by atoms with Gasteiger partial charge in [-0.2, -0.15) is 0 Å². The van der Waals surface area contributed by atoms with Crippen LogP contribution in [0.1, 0.15) is 31.2 Å². The molecule has 4 atom stereocenters. The molecule has 2 fully saturated rings. The molecule has 1 aromatic rings. The number of benzene rings is 1. The third-order valence-corrected chi connectivity index (χ3v) is 4.61. The molecule has 122 valence electrons. The van der Waals surface area contributed by atoms with E-state index in [2.05, 4.69) is 17.6 Å². The summed E-state index contributed by atoms with van der Waals surface area (Å²) in [6.45, 7) is 3.88. The number of rotatable bonds is 3. The second kappa shape index (κ2) is 6.92. The van der Waals surface area contributed by atoms with E-state index in [-0.39, 0.29) is 41.8 Å². The molecule has 2 N–H and O–H groups in total. The number of hydrogen-bond donors (Lipinski definition) is 2. The third-order valence-electron chi connectivity index (χ3n) is 4.61. The van der Waals surface area contributed by atoms with Gasteiger partial charge < -0.3 is 10.6 Å². The molecule has 1 saturated heterocycles. The Labute approximate surface area is 135 Å². The number of hydrogen-bond acceptors (Lipinski definition) is 2. The van der Waals surface area contributed by atoms with E-state index in [1.807, 2.05) is 0 Å². The Morgan fingerprint density at radius 1 is 1.32 bits per heavy atom. The summed E-state index contributed by atoms with van der Waals surface area (Å²) < 4.78 is 27.4. The third kappa shape index (κ3) is 3.41. The lowest BCUT2D eigenvalue weighted by molar-refractivity contribution is -0.123. The highest BCUT2D eigenvalue weighted by Gasteiger charge is 2.47. The van der Waals surface area contributed by atoms with Gasteiger partial charge in [-0.3, -0.25) is 4.79 Å². The fourth-order valence-corrected chi connectivity index (χ4v) is 3.19. The van der Waals surface area contributed by atoms with Crippen LogP contribution in [0.5, 0.6) is 0 Å². The van der Waals surface area contributed by atoms with Crippen molar-refractivity contribution in [2.24, 2.45) is 11.8 Å². The minimum Gasteiger partial charge on any atom is -0.353 e. The zero-order chi connectivity index (χ0) is 15.0. The van der Waals surface area contributed by atoms with Crippen molar-refractivity contribution in [1.29, 1.82) is 0 Å². The van der Waals surface area contributed by atoms with Crippen LogP contribution < -0.4 is 10.6 Å². The molecule has 4 unspecified atom stereocenters. The van der Waals surface area contributed by atoms with Gasteiger partial charge in [-0.15, -0.1) is 12.4 Å². The Hall–Kier alpha value is -1.20. The molecule has 2 aliphatic rings. The summed E-state index contributed by atoms with van der Waals surface area (Å²) in [5, 5.41) is 6.33. The van der Waals surface area contributed by atoms with Crippen molar-refractivity contribution < 1.29 is 13.6 Å². The Balaban J connectivity index is 0.00000176. The fraction of sp³-hybridized carbons (Fsp3) is 0.562. The number of amides is 1. The molecule has 22 heavy (non-hydrogen) atoms. The summed E-state index contributed by atoms with van der Waals surface area (Å²) >= 11 is 0. The SMILES string of the molecule is CC1CNCCC1NC(=O)C1CC1c1c(F)cccc1F.Cl. The molecule has 0 spiro atoms. The first-order valence-corrected chi connectivity index (χ1v) is 7.53. The number of carbonyl (C=O) groups is 1. The van der Waals surface area contributed by atoms with E-state index in [4.69, 9.17) is 0 Å². The summed E-state index contributed by atoms with van der Waals surface area (Å²) in [7, 11) is 0. The van der Waals surface area contributed by atoms with Crippen LogP contribution in [0, 0.1) is 23.5 Å². The molecule has 1 saturated carbocycles. The predicted octanol–water partition coefficient (Wildman–Crippen LogP) is 2.60.